The van der Waals surface area contributed by atoms with Gasteiger partial charge in [0.15, 0.2) is 5.17 Å². The molecular formula is C21H25N3OS. The van der Waals surface area contributed by atoms with E-state index in [9.17, 15) is 0 Å². The van der Waals surface area contributed by atoms with Gasteiger partial charge in [0.05, 0.1) is 17.8 Å². The van der Waals surface area contributed by atoms with Crippen molar-refractivity contribution >= 4 is 16.9 Å². The molecular weight excluding hydrogens is 342 g/mol. The average Bonchev–Trinajstić information content (AvgIpc) is 3.21. The summed E-state index contributed by atoms with van der Waals surface area (Å²) in [4.78, 5) is 12.2. The van der Waals surface area contributed by atoms with Crippen molar-refractivity contribution in [3.05, 3.63) is 59.9 Å². The fourth-order valence-corrected chi connectivity index (χ4v) is 5.06. The number of aromatic nitrogens is 1. The maximum atomic E-state index is 5.81. The van der Waals surface area contributed by atoms with E-state index in [4.69, 9.17) is 9.73 Å². The Morgan fingerprint density at radius 1 is 1.19 bits per heavy atom. The lowest BCUT2D eigenvalue weighted by atomic mass is 9.95. The molecule has 3 atom stereocenters. The van der Waals surface area contributed by atoms with Crippen LogP contribution in [0.3, 0.4) is 0 Å². The van der Waals surface area contributed by atoms with Crippen LogP contribution in [0.1, 0.15) is 50.5 Å². The third kappa shape index (κ3) is 3.20. The van der Waals surface area contributed by atoms with E-state index in [1.807, 2.05) is 30.1 Å². The highest BCUT2D eigenvalue weighted by Gasteiger charge is 2.45. The number of benzene rings is 1. The van der Waals surface area contributed by atoms with E-state index in [0.717, 1.165) is 23.6 Å². The van der Waals surface area contributed by atoms with Crippen LogP contribution in [-0.2, 0) is 0 Å². The number of fused-ring (bicyclic) bond motifs is 1. The zero-order chi connectivity index (χ0) is 18.1. The minimum absolute atomic E-state index is 0.0462. The Morgan fingerprint density at radius 2 is 2.00 bits per heavy atom. The van der Waals surface area contributed by atoms with Gasteiger partial charge in [-0.3, -0.25) is 9.98 Å². The fraction of sp³-hybridized carbons (Fsp3) is 0.429. The number of thioether (sulfide) groups is 1. The number of amidine groups is 1. The van der Waals surface area contributed by atoms with Crippen molar-refractivity contribution in [2.45, 2.75) is 51.4 Å². The molecule has 4 rings (SSSR count). The second-order valence-corrected chi connectivity index (χ2v) is 8.06. The summed E-state index contributed by atoms with van der Waals surface area (Å²) in [6.07, 6.45) is 3.18. The third-order valence-corrected chi connectivity index (χ3v) is 6.05. The van der Waals surface area contributed by atoms with Crippen molar-refractivity contribution in [3.8, 4) is 5.75 Å². The minimum Gasteiger partial charge on any atom is -0.491 e. The molecule has 0 radical (unpaired) electrons. The van der Waals surface area contributed by atoms with E-state index in [1.165, 1.54) is 10.7 Å². The summed E-state index contributed by atoms with van der Waals surface area (Å²) in [5.74, 6) is 2.04. The van der Waals surface area contributed by atoms with Gasteiger partial charge in [-0.2, -0.15) is 0 Å². The molecule has 5 heteroatoms. The predicted octanol–water partition coefficient (Wildman–Crippen LogP) is 4.85. The standard InChI is InChI=1S/C21H25N3OS/c1-4-16-13-26-21-23-19(18-7-5-6-12-22-18)20(24(16)21)15-8-10-17(11-9-15)25-14(2)3/h5-12,14,16,19-20H,4,13H2,1-3H3/t16-,19-,20-/m1/s1. The van der Waals surface area contributed by atoms with Crippen LogP contribution in [-0.4, -0.2) is 33.0 Å². The number of nitrogens with zero attached hydrogens (tertiary/aromatic N) is 3. The second-order valence-electron chi connectivity index (χ2n) is 7.07. The van der Waals surface area contributed by atoms with E-state index in [2.05, 4.69) is 61.0 Å². The monoisotopic (exact) mass is 367 g/mol. The molecule has 26 heavy (non-hydrogen) atoms. The lowest BCUT2D eigenvalue weighted by molar-refractivity contribution is 0.241. The van der Waals surface area contributed by atoms with Gasteiger partial charge in [-0.1, -0.05) is 36.9 Å². The highest BCUT2D eigenvalue weighted by Crippen LogP contribution is 2.48. The smallest absolute Gasteiger partial charge is 0.160 e. The lowest BCUT2D eigenvalue weighted by Gasteiger charge is -2.32. The molecule has 1 saturated heterocycles. The van der Waals surface area contributed by atoms with E-state index in [-0.39, 0.29) is 18.2 Å². The number of ether oxygens (including phenoxy) is 1. The topological polar surface area (TPSA) is 37.7 Å². The van der Waals surface area contributed by atoms with Gasteiger partial charge in [-0.25, -0.2) is 0 Å². The molecule has 2 aromatic rings. The van der Waals surface area contributed by atoms with Crippen molar-refractivity contribution in [1.82, 2.24) is 9.88 Å². The van der Waals surface area contributed by atoms with Crippen LogP contribution < -0.4 is 4.74 Å². The first-order valence-corrected chi connectivity index (χ1v) is 10.3. The van der Waals surface area contributed by atoms with Crippen LogP contribution >= 0.6 is 11.8 Å². The average molecular weight is 368 g/mol. The largest absolute Gasteiger partial charge is 0.491 e. The maximum absolute atomic E-state index is 5.81. The third-order valence-electron chi connectivity index (χ3n) is 4.92. The van der Waals surface area contributed by atoms with E-state index in [1.54, 1.807) is 0 Å². The van der Waals surface area contributed by atoms with Crippen molar-refractivity contribution in [2.75, 3.05) is 5.75 Å². The fourth-order valence-electron chi connectivity index (χ4n) is 3.73. The molecule has 0 N–H and O–H groups in total. The zero-order valence-corrected chi connectivity index (χ0v) is 16.3. The van der Waals surface area contributed by atoms with Gasteiger partial charge < -0.3 is 9.64 Å². The van der Waals surface area contributed by atoms with Gasteiger partial charge in [0.1, 0.15) is 11.8 Å². The summed E-state index contributed by atoms with van der Waals surface area (Å²) in [5, 5.41) is 1.17. The molecule has 136 valence electrons. The summed E-state index contributed by atoms with van der Waals surface area (Å²) in [6.45, 7) is 6.36. The zero-order valence-electron chi connectivity index (χ0n) is 15.5. The summed E-state index contributed by atoms with van der Waals surface area (Å²) in [6, 6.07) is 15.4. The van der Waals surface area contributed by atoms with Crippen molar-refractivity contribution < 1.29 is 4.74 Å². The second kappa shape index (κ2) is 7.31. The molecule has 0 unspecified atom stereocenters. The maximum Gasteiger partial charge on any atom is 0.160 e. The van der Waals surface area contributed by atoms with Crippen molar-refractivity contribution in [2.24, 2.45) is 4.99 Å². The Bertz CT molecular complexity index is 776. The molecule has 4 nitrogen and oxygen atoms in total. The van der Waals surface area contributed by atoms with Gasteiger partial charge in [-0.15, -0.1) is 0 Å². The SMILES string of the molecule is CC[C@@H]1CSC2=N[C@H](c3ccccn3)[C@@H](c3ccc(OC(C)C)cc3)N21. The molecule has 3 heterocycles. The highest BCUT2D eigenvalue weighted by atomic mass is 32.2. The Balaban J connectivity index is 1.70. The molecule has 2 aliphatic heterocycles. The Morgan fingerprint density at radius 3 is 2.65 bits per heavy atom. The van der Waals surface area contributed by atoms with Gasteiger partial charge in [-0.05, 0) is 50.1 Å². The number of hydrogen-bond acceptors (Lipinski definition) is 5. The summed E-state index contributed by atoms with van der Waals surface area (Å²) >= 11 is 1.88. The molecule has 1 fully saturated rings. The van der Waals surface area contributed by atoms with E-state index in [0.29, 0.717) is 6.04 Å². The number of rotatable bonds is 5. The molecule has 0 saturated carbocycles. The lowest BCUT2D eigenvalue weighted by Crippen LogP contribution is -2.35. The minimum atomic E-state index is 0.0462. The van der Waals surface area contributed by atoms with Crippen LogP contribution in [0.4, 0.5) is 0 Å². The Labute approximate surface area is 159 Å². The first-order chi connectivity index (χ1) is 12.7. The molecule has 1 aromatic carbocycles. The van der Waals surface area contributed by atoms with E-state index >= 15 is 0 Å². The van der Waals surface area contributed by atoms with Crippen molar-refractivity contribution in [3.63, 3.8) is 0 Å². The molecule has 0 aliphatic carbocycles. The number of aliphatic imine (C=N–C) groups is 1. The molecule has 0 spiro atoms. The summed E-state index contributed by atoms with van der Waals surface area (Å²) in [5.41, 5.74) is 2.31. The highest BCUT2D eigenvalue weighted by molar-refractivity contribution is 8.14. The molecule has 0 bridgehead atoms. The van der Waals surface area contributed by atoms with Crippen LogP contribution in [0.2, 0.25) is 0 Å². The van der Waals surface area contributed by atoms with Gasteiger partial charge in [0.2, 0.25) is 0 Å². The quantitative estimate of drug-likeness (QED) is 0.757. The van der Waals surface area contributed by atoms with Crippen molar-refractivity contribution in [1.29, 1.82) is 0 Å². The normalized spacial score (nSPS) is 24.7. The van der Waals surface area contributed by atoms with Crippen LogP contribution in [0.25, 0.3) is 0 Å². The van der Waals surface area contributed by atoms with Crippen LogP contribution in [0, 0.1) is 0 Å². The van der Waals surface area contributed by atoms with Gasteiger partial charge >= 0.3 is 0 Å². The van der Waals surface area contributed by atoms with Gasteiger partial charge in [0, 0.05) is 18.0 Å². The van der Waals surface area contributed by atoms with Gasteiger partial charge in [0.25, 0.3) is 0 Å². The van der Waals surface area contributed by atoms with Crippen LogP contribution in [0.5, 0.6) is 5.75 Å². The first kappa shape index (κ1) is 17.4. The molecule has 0 amide bonds. The van der Waals surface area contributed by atoms with E-state index < -0.39 is 0 Å². The van der Waals surface area contributed by atoms with Crippen LogP contribution in [0.15, 0.2) is 53.7 Å². The Kier molecular flexibility index (Phi) is 4.90. The summed E-state index contributed by atoms with van der Waals surface area (Å²) in [7, 11) is 0. The Hall–Kier alpha value is -2.01. The molecule has 1 aromatic heterocycles. The number of pyridine rings is 1. The summed E-state index contributed by atoms with van der Waals surface area (Å²) < 4.78 is 5.81. The molecule has 2 aliphatic rings. The number of hydrogen-bond donors (Lipinski definition) is 0. The first-order valence-electron chi connectivity index (χ1n) is 9.34. The predicted molar refractivity (Wildman–Crippen MR) is 108 cm³/mol.